The van der Waals surface area contributed by atoms with Gasteiger partial charge in [0, 0.05) is 16.5 Å². The molecule has 2 heterocycles. The molecule has 0 radical (unpaired) electrons. The van der Waals surface area contributed by atoms with Crippen LogP contribution in [-0.4, -0.2) is 15.8 Å². The number of ketones is 1. The third kappa shape index (κ3) is 2.18. The predicted molar refractivity (Wildman–Crippen MR) is 79.7 cm³/mol. The quantitative estimate of drug-likeness (QED) is 0.659. The summed E-state index contributed by atoms with van der Waals surface area (Å²) in [4.78, 5) is 20.6. The first-order chi connectivity index (χ1) is 9.65. The summed E-state index contributed by atoms with van der Waals surface area (Å²) < 4.78 is 0. The zero-order valence-corrected chi connectivity index (χ0v) is 11.4. The Morgan fingerprint density at radius 2 is 1.75 bits per heavy atom. The summed E-state index contributed by atoms with van der Waals surface area (Å²) >= 11 is 0. The molecule has 0 spiro atoms. The van der Waals surface area contributed by atoms with Gasteiger partial charge in [-0.1, -0.05) is 30.3 Å². The third-order valence-corrected chi connectivity index (χ3v) is 3.32. The molecular weight excluding hydrogens is 248 g/mol. The molecule has 2 aromatic heterocycles. The Balaban J connectivity index is 2.18. The first-order valence-corrected chi connectivity index (χ1v) is 6.50. The maximum atomic E-state index is 11.5. The third-order valence-electron chi connectivity index (χ3n) is 3.32. The monoisotopic (exact) mass is 262 g/mol. The molecule has 0 unspecified atom stereocenters. The molecule has 0 aliphatic carbocycles. The van der Waals surface area contributed by atoms with E-state index in [2.05, 4.69) is 9.97 Å². The number of hydrogen-bond acceptors (Lipinski definition) is 3. The van der Waals surface area contributed by atoms with Gasteiger partial charge in [-0.2, -0.15) is 0 Å². The van der Waals surface area contributed by atoms with Crippen LogP contribution < -0.4 is 0 Å². The maximum Gasteiger partial charge on any atom is 0.161 e. The van der Waals surface area contributed by atoms with Crippen LogP contribution in [0.3, 0.4) is 0 Å². The molecule has 0 amide bonds. The van der Waals surface area contributed by atoms with Crippen molar-refractivity contribution in [2.24, 2.45) is 0 Å². The van der Waals surface area contributed by atoms with E-state index in [4.69, 9.17) is 0 Å². The molecule has 0 aliphatic heterocycles. The zero-order chi connectivity index (χ0) is 14.1. The van der Waals surface area contributed by atoms with Gasteiger partial charge in [-0.3, -0.25) is 4.79 Å². The second kappa shape index (κ2) is 4.85. The number of benzene rings is 1. The van der Waals surface area contributed by atoms with E-state index < -0.39 is 0 Å². The number of Topliss-reactive ketones (excluding diaryl/α,β-unsaturated/α-hetero) is 1. The van der Waals surface area contributed by atoms with E-state index in [1.165, 1.54) is 0 Å². The molecule has 0 aliphatic rings. The highest BCUT2D eigenvalue weighted by molar-refractivity contribution is 5.98. The smallest absolute Gasteiger partial charge is 0.161 e. The number of hydrogen-bond donors (Lipinski definition) is 0. The molecule has 3 rings (SSSR count). The topological polar surface area (TPSA) is 42.9 Å². The van der Waals surface area contributed by atoms with Gasteiger partial charge in [0.25, 0.3) is 0 Å². The minimum absolute atomic E-state index is 0.0315. The van der Waals surface area contributed by atoms with Gasteiger partial charge >= 0.3 is 0 Å². The van der Waals surface area contributed by atoms with E-state index in [1.807, 2.05) is 55.5 Å². The fourth-order valence-electron chi connectivity index (χ4n) is 2.27. The SMILES string of the molecule is CC(=O)c1cc2ccc(-c3ccccc3)nc2nc1C. The largest absolute Gasteiger partial charge is 0.294 e. The van der Waals surface area contributed by atoms with Crippen LogP contribution in [0.15, 0.2) is 48.5 Å². The number of nitrogens with zero attached hydrogens (tertiary/aromatic N) is 2. The summed E-state index contributed by atoms with van der Waals surface area (Å²) in [5.74, 6) is 0.0315. The van der Waals surface area contributed by atoms with E-state index in [0.717, 1.165) is 22.3 Å². The first-order valence-electron chi connectivity index (χ1n) is 6.50. The van der Waals surface area contributed by atoms with Crippen LogP contribution in [0.25, 0.3) is 22.3 Å². The van der Waals surface area contributed by atoms with Gasteiger partial charge in [0.05, 0.1) is 11.4 Å². The number of carbonyl (C=O) groups excluding carboxylic acids is 1. The van der Waals surface area contributed by atoms with Gasteiger partial charge in [0.2, 0.25) is 0 Å². The van der Waals surface area contributed by atoms with Crippen molar-refractivity contribution in [1.29, 1.82) is 0 Å². The Morgan fingerprint density at radius 1 is 1.00 bits per heavy atom. The molecule has 0 bridgehead atoms. The van der Waals surface area contributed by atoms with E-state index in [-0.39, 0.29) is 5.78 Å². The summed E-state index contributed by atoms with van der Waals surface area (Å²) in [7, 11) is 0. The molecule has 0 fully saturated rings. The lowest BCUT2D eigenvalue weighted by Gasteiger charge is -2.06. The molecule has 0 atom stereocenters. The number of aromatic nitrogens is 2. The van der Waals surface area contributed by atoms with Crippen LogP contribution in [0.2, 0.25) is 0 Å². The number of rotatable bonds is 2. The van der Waals surface area contributed by atoms with Gasteiger partial charge in [0.1, 0.15) is 0 Å². The van der Waals surface area contributed by atoms with Crippen LogP contribution >= 0.6 is 0 Å². The molecule has 3 aromatic rings. The standard InChI is InChI=1S/C17H14N2O/c1-11-15(12(2)20)10-14-8-9-16(19-17(14)18-11)13-6-4-3-5-7-13/h3-10H,1-2H3. The van der Waals surface area contributed by atoms with Crippen LogP contribution in [0.5, 0.6) is 0 Å². The Labute approximate surface area is 117 Å². The summed E-state index contributed by atoms with van der Waals surface area (Å²) in [6.45, 7) is 3.40. The minimum Gasteiger partial charge on any atom is -0.294 e. The van der Waals surface area contributed by atoms with Crippen molar-refractivity contribution in [2.45, 2.75) is 13.8 Å². The fourth-order valence-corrected chi connectivity index (χ4v) is 2.27. The van der Waals surface area contributed by atoms with Crippen molar-refractivity contribution in [2.75, 3.05) is 0 Å². The molecule has 1 aromatic carbocycles. The molecule has 0 saturated carbocycles. The first kappa shape index (κ1) is 12.5. The van der Waals surface area contributed by atoms with Crippen molar-refractivity contribution in [1.82, 2.24) is 9.97 Å². The van der Waals surface area contributed by atoms with Crippen LogP contribution in [0, 0.1) is 6.92 Å². The molecule has 0 N–H and O–H groups in total. The minimum atomic E-state index is 0.0315. The summed E-state index contributed by atoms with van der Waals surface area (Å²) in [5, 5.41) is 0.889. The highest BCUT2D eigenvalue weighted by Crippen LogP contribution is 2.21. The lowest BCUT2D eigenvalue weighted by Crippen LogP contribution is -2.00. The molecule has 3 nitrogen and oxygen atoms in total. The number of pyridine rings is 2. The van der Waals surface area contributed by atoms with Crippen LogP contribution in [0.1, 0.15) is 23.0 Å². The Bertz CT molecular complexity index is 795. The lowest BCUT2D eigenvalue weighted by atomic mass is 10.1. The van der Waals surface area contributed by atoms with Crippen molar-refractivity contribution in [3.8, 4) is 11.3 Å². The van der Waals surface area contributed by atoms with Gasteiger partial charge in [-0.05, 0) is 32.0 Å². The molecule has 3 heteroatoms. The molecule has 98 valence electrons. The maximum absolute atomic E-state index is 11.5. The van der Waals surface area contributed by atoms with E-state index in [9.17, 15) is 4.79 Å². The van der Waals surface area contributed by atoms with Crippen molar-refractivity contribution in [3.05, 3.63) is 59.8 Å². The molecule has 0 saturated heterocycles. The second-order valence-corrected chi connectivity index (χ2v) is 4.79. The highest BCUT2D eigenvalue weighted by Gasteiger charge is 2.09. The zero-order valence-electron chi connectivity index (χ0n) is 11.4. The van der Waals surface area contributed by atoms with E-state index in [1.54, 1.807) is 6.92 Å². The predicted octanol–water partition coefficient (Wildman–Crippen LogP) is 3.81. The van der Waals surface area contributed by atoms with Crippen molar-refractivity contribution >= 4 is 16.8 Å². The van der Waals surface area contributed by atoms with E-state index in [0.29, 0.717) is 11.2 Å². The average Bonchev–Trinajstić information content (AvgIpc) is 2.46. The van der Waals surface area contributed by atoms with Gasteiger partial charge in [-0.25, -0.2) is 9.97 Å². The molecule has 20 heavy (non-hydrogen) atoms. The van der Waals surface area contributed by atoms with Crippen LogP contribution in [0.4, 0.5) is 0 Å². The number of carbonyl (C=O) groups is 1. The lowest BCUT2D eigenvalue weighted by molar-refractivity contribution is 0.101. The second-order valence-electron chi connectivity index (χ2n) is 4.79. The molecular formula is C17H14N2O. The van der Waals surface area contributed by atoms with Crippen molar-refractivity contribution in [3.63, 3.8) is 0 Å². The normalized spacial score (nSPS) is 10.7. The summed E-state index contributed by atoms with van der Waals surface area (Å²) in [6, 6.07) is 15.8. The summed E-state index contributed by atoms with van der Waals surface area (Å²) in [5.41, 5.74) is 4.01. The summed E-state index contributed by atoms with van der Waals surface area (Å²) in [6.07, 6.45) is 0. The van der Waals surface area contributed by atoms with Crippen LogP contribution in [-0.2, 0) is 0 Å². The highest BCUT2D eigenvalue weighted by atomic mass is 16.1. The van der Waals surface area contributed by atoms with Crippen molar-refractivity contribution < 1.29 is 4.79 Å². The van der Waals surface area contributed by atoms with Gasteiger partial charge < -0.3 is 0 Å². The van der Waals surface area contributed by atoms with E-state index >= 15 is 0 Å². The number of aryl methyl sites for hydroxylation is 1. The Morgan fingerprint density at radius 3 is 2.45 bits per heavy atom. The number of fused-ring (bicyclic) bond motifs is 1. The van der Waals surface area contributed by atoms with Gasteiger partial charge in [0.15, 0.2) is 11.4 Å². The Hall–Kier alpha value is -2.55. The average molecular weight is 262 g/mol. The fraction of sp³-hybridized carbons (Fsp3) is 0.118. The van der Waals surface area contributed by atoms with Gasteiger partial charge in [-0.15, -0.1) is 0 Å². The Kier molecular flexibility index (Phi) is 3.03.